The first-order valence-corrected chi connectivity index (χ1v) is 12.7. The number of nitrogens with zero attached hydrogens (tertiary/aromatic N) is 1. The van der Waals surface area contributed by atoms with Gasteiger partial charge >= 0.3 is 5.97 Å². The molecule has 1 saturated heterocycles. The van der Waals surface area contributed by atoms with Crippen LogP contribution in [0.15, 0.2) is 76.1 Å². The molecule has 3 aromatic carbocycles. The predicted molar refractivity (Wildman–Crippen MR) is 145 cm³/mol. The number of rotatable bonds is 8. The van der Waals surface area contributed by atoms with E-state index in [2.05, 4.69) is 21.2 Å². The molecule has 3 aromatic rings. The highest BCUT2D eigenvalue weighted by Crippen LogP contribution is 2.34. The van der Waals surface area contributed by atoms with Gasteiger partial charge in [-0.1, -0.05) is 41.9 Å². The average Bonchev–Trinajstić information content (AvgIpc) is 3.12. The lowest BCUT2D eigenvalue weighted by molar-refractivity contribution is -0.127. The number of amides is 3. The largest absolute Gasteiger partial charge is 0.488 e. The Labute approximate surface area is 229 Å². The fraction of sp³-hybridized carbons (Fsp3) is 0.0769. The van der Waals surface area contributed by atoms with Crippen molar-refractivity contribution in [1.29, 1.82) is 0 Å². The molecule has 1 fully saturated rings. The van der Waals surface area contributed by atoms with Crippen molar-refractivity contribution in [3.8, 4) is 5.75 Å². The minimum atomic E-state index is -1.02. The Kier molecular flexibility index (Phi) is 8.32. The molecule has 0 aromatic heterocycles. The zero-order chi connectivity index (χ0) is 26.5. The second-order valence-corrected chi connectivity index (χ2v) is 10.0. The maximum atomic E-state index is 12.8. The summed E-state index contributed by atoms with van der Waals surface area (Å²) in [5.74, 6) is -1.62. The molecule has 11 heteroatoms. The summed E-state index contributed by atoms with van der Waals surface area (Å²) in [7, 11) is 0. The topological polar surface area (TPSA) is 113 Å². The number of halogens is 2. The number of hydrogen-bond acceptors (Lipinski definition) is 6. The van der Waals surface area contributed by atoms with Crippen LogP contribution in [0.1, 0.15) is 21.5 Å². The number of carbonyl (C=O) groups is 4. The van der Waals surface area contributed by atoms with Crippen molar-refractivity contribution in [1.82, 2.24) is 4.90 Å². The SMILES string of the molecule is O=C(CN1C(=O)S/C(=C/c2ccc(OCc3cccc(C(=O)O)c3)c(Br)c2)C1=O)Nc1ccccc1Cl. The Hall–Kier alpha value is -3.60. The van der Waals surface area contributed by atoms with E-state index >= 15 is 0 Å². The summed E-state index contributed by atoms with van der Waals surface area (Å²) in [5, 5.41) is 11.5. The van der Waals surface area contributed by atoms with Gasteiger partial charge in [-0.15, -0.1) is 0 Å². The molecule has 37 heavy (non-hydrogen) atoms. The number of para-hydroxylation sites is 1. The van der Waals surface area contributed by atoms with Crippen molar-refractivity contribution < 1.29 is 29.0 Å². The number of carboxylic acid groups (broad SMARTS) is 1. The average molecular weight is 602 g/mol. The van der Waals surface area contributed by atoms with Gasteiger partial charge in [-0.3, -0.25) is 19.3 Å². The van der Waals surface area contributed by atoms with Gasteiger partial charge in [0.25, 0.3) is 11.1 Å². The Morgan fingerprint density at radius 2 is 1.86 bits per heavy atom. The van der Waals surface area contributed by atoms with E-state index in [-0.39, 0.29) is 17.1 Å². The van der Waals surface area contributed by atoms with Gasteiger partial charge in [0.05, 0.1) is 25.7 Å². The van der Waals surface area contributed by atoms with Crippen molar-refractivity contribution in [2.45, 2.75) is 6.61 Å². The van der Waals surface area contributed by atoms with Crippen LogP contribution in [0.3, 0.4) is 0 Å². The van der Waals surface area contributed by atoms with Gasteiger partial charge in [-0.2, -0.15) is 0 Å². The molecule has 1 aliphatic rings. The number of hydrogen-bond donors (Lipinski definition) is 2. The molecule has 0 unspecified atom stereocenters. The molecule has 4 rings (SSSR count). The van der Waals surface area contributed by atoms with Gasteiger partial charge in [0.2, 0.25) is 5.91 Å². The molecule has 0 spiro atoms. The molecule has 0 aliphatic carbocycles. The molecule has 0 saturated carbocycles. The lowest BCUT2D eigenvalue weighted by atomic mass is 10.1. The van der Waals surface area contributed by atoms with Crippen LogP contribution in [0.25, 0.3) is 6.08 Å². The van der Waals surface area contributed by atoms with E-state index in [0.29, 0.717) is 32.1 Å². The predicted octanol–water partition coefficient (Wildman–Crippen LogP) is 6.05. The number of aromatic carboxylic acids is 1. The third-order valence-corrected chi connectivity index (χ3v) is 7.00. The molecular weight excluding hydrogens is 584 g/mol. The first kappa shape index (κ1) is 26.5. The number of carbonyl (C=O) groups excluding carboxylic acids is 3. The van der Waals surface area contributed by atoms with E-state index in [9.17, 15) is 19.2 Å². The highest BCUT2D eigenvalue weighted by atomic mass is 79.9. The Morgan fingerprint density at radius 1 is 1.08 bits per heavy atom. The molecular formula is C26H18BrClN2O6S. The van der Waals surface area contributed by atoms with E-state index < -0.39 is 29.6 Å². The number of anilines is 1. The van der Waals surface area contributed by atoms with Crippen molar-refractivity contribution in [3.63, 3.8) is 0 Å². The monoisotopic (exact) mass is 600 g/mol. The first-order valence-electron chi connectivity index (χ1n) is 10.8. The molecule has 1 aliphatic heterocycles. The smallest absolute Gasteiger partial charge is 0.335 e. The fourth-order valence-electron chi connectivity index (χ4n) is 3.36. The van der Waals surface area contributed by atoms with E-state index in [1.807, 2.05) is 0 Å². The van der Waals surface area contributed by atoms with Crippen molar-refractivity contribution >= 4 is 74.1 Å². The van der Waals surface area contributed by atoms with Crippen molar-refractivity contribution in [2.24, 2.45) is 0 Å². The van der Waals surface area contributed by atoms with E-state index in [0.717, 1.165) is 16.7 Å². The zero-order valence-electron chi connectivity index (χ0n) is 18.9. The first-order chi connectivity index (χ1) is 17.7. The van der Waals surface area contributed by atoms with Crippen molar-refractivity contribution in [3.05, 3.63) is 97.8 Å². The fourth-order valence-corrected chi connectivity index (χ4v) is 4.89. The molecule has 8 nitrogen and oxygen atoms in total. The highest BCUT2D eigenvalue weighted by Gasteiger charge is 2.36. The van der Waals surface area contributed by atoms with Gasteiger partial charge in [0.1, 0.15) is 18.9 Å². The minimum Gasteiger partial charge on any atom is -0.488 e. The molecule has 2 N–H and O–H groups in total. The van der Waals surface area contributed by atoms with Crippen LogP contribution in [-0.2, 0) is 16.2 Å². The van der Waals surface area contributed by atoms with Crippen LogP contribution in [0.5, 0.6) is 5.75 Å². The highest BCUT2D eigenvalue weighted by molar-refractivity contribution is 9.10. The molecule has 0 radical (unpaired) electrons. The van der Waals surface area contributed by atoms with Crippen LogP contribution >= 0.6 is 39.3 Å². The Morgan fingerprint density at radius 3 is 2.59 bits per heavy atom. The summed E-state index contributed by atoms with van der Waals surface area (Å²) in [6.45, 7) is -0.277. The van der Waals surface area contributed by atoms with Gasteiger partial charge in [-0.25, -0.2) is 4.79 Å². The molecule has 1 heterocycles. The maximum absolute atomic E-state index is 12.8. The Bertz CT molecular complexity index is 1440. The number of ether oxygens (including phenoxy) is 1. The summed E-state index contributed by atoms with van der Waals surface area (Å²) >= 11 is 10.2. The number of thioether (sulfide) groups is 1. The standard InChI is InChI=1S/C26H18BrClN2O6S/c27-18-11-15(8-9-21(18)36-14-16-4-3-5-17(10-16)25(33)34)12-22-24(32)30(26(35)37-22)13-23(31)29-20-7-2-1-6-19(20)28/h1-12H,13-14H2,(H,29,31)(H,33,34)/b22-12+. The summed E-state index contributed by atoms with van der Waals surface area (Å²) in [5.41, 5.74) is 1.89. The number of imide groups is 1. The number of nitrogens with one attached hydrogen (secondary N) is 1. The van der Waals surface area contributed by atoms with Crippen LogP contribution in [0, 0.1) is 0 Å². The molecule has 188 valence electrons. The summed E-state index contributed by atoms with van der Waals surface area (Å²) in [4.78, 5) is 49.8. The molecule has 0 atom stereocenters. The second kappa shape index (κ2) is 11.6. The van der Waals surface area contributed by atoms with Gasteiger partial charge < -0.3 is 15.2 Å². The minimum absolute atomic E-state index is 0.161. The third kappa shape index (κ3) is 6.59. The van der Waals surface area contributed by atoms with E-state index in [1.165, 1.54) is 12.1 Å². The Balaban J connectivity index is 1.40. The summed E-state index contributed by atoms with van der Waals surface area (Å²) < 4.78 is 6.40. The van der Waals surface area contributed by atoms with Gasteiger partial charge in [0.15, 0.2) is 0 Å². The van der Waals surface area contributed by atoms with Gasteiger partial charge in [-0.05, 0) is 81.3 Å². The molecule has 3 amide bonds. The van der Waals surface area contributed by atoms with Crippen LogP contribution in [-0.4, -0.2) is 39.6 Å². The third-order valence-electron chi connectivity index (χ3n) is 5.15. The van der Waals surface area contributed by atoms with E-state index in [1.54, 1.807) is 60.7 Å². The van der Waals surface area contributed by atoms with Crippen molar-refractivity contribution in [2.75, 3.05) is 11.9 Å². The lowest BCUT2D eigenvalue weighted by Crippen LogP contribution is -2.36. The second-order valence-electron chi connectivity index (χ2n) is 7.78. The van der Waals surface area contributed by atoms with Crippen LogP contribution in [0.2, 0.25) is 5.02 Å². The van der Waals surface area contributed by atoms with Gasteiger partial charge in [0, 0.05) is 0 Å². The zero-order valence-corrected chi connectivity index (χ0v) is 22.1. The quantitative estimate of drug-likeness (QED) is 0.302. The summed E-state index contributed by atoms with van der Waals surface area (Å²) in [6.07, 6.45) is 1.56. The molecule has 0 bridgehead atoms. The lowest BCUT2D eigenvalue weighted by Gasteiger charge is -2.13. The number of carboxylic acids is 1. The van der Waals surface area contributed by atoms with Crippen LogP contribution in [0.4, 0.5) is 10.5 Å². The van der Waals surface area contributed by atoms with E-state index in [4.69, 9.17) is 21.4 Å². The maximum Gasteiger partial charge on any atom is 0.335 e. The number of benzene rings is 3. The summed E-state index contributed by atoms with van der Waals surface area (Å²) in [6, 6.07) is 18.2. The normalized spacial score (nSPS) is 14.2. The van der Waals surface area contributed by atoms with Crippen LogP contribution < -0.4 is 10.1 Å².